The fourth-order valence-corrected chi connectivity index (χ4v) is 2.35. The third kappa shape index (κ3) is 4.21. The molecule has 0 bridgehead atoms. The van der Waals surface area contributed by atoms with Crippen LogP contribution in [0, 0.1) is 0 Å². The van der Waals surface area contributed by atoms with Crippen molar-refractivity contribution in [2.75, 3.05) is 0 Å². The predicted octanol–water partition coefficient (Wildman–Crippen LogP) is 2.29. The highest BCUT2D eigenvalue weighted by atomic mass is 35.5. The Morgan fingerprint density at radius 3 is 2.86 bits per heavy atom. The second-order valence-electron chi connectivity index (χ2n) is 5.12. The lowest BCUT2D eigenvalue weighted by Gasteiger charge is -2.13. The number of carbonyl (C=O) groups excluding carboxylic acids is 1. The molecule has 2 rings (SSSR count). The summed E-state index contributed by atoms with van der Waals surface area (Å²) in [5.41, 5.74) is 1.26. The zero-order valence-corrected chi connectivity index (χ0v) is 13.0. The Bertz CT molecular complexity index is 684. The fourth-order valence-electron chi connectivity index (χ4n) is 2.18. The van der Waals surface area contributed by atoms with Gasteiger partial charge in [0.2, 0.25) is 5.91 Å². The van der Waals surface area contributed by atoms with E-state index in [-0.39, 0.29) is 12.3 Å². The van der Waals surface area contributed by atoms with Gasteiger partial charge in [-0.25, -0.2) is 9.78 Å². The number of fused-ring (bicyclic) bond motifs is 1. The summed E-state index contributed by atoms with van der Waals surface area (Å²) >= 11 is 5.89. The Morgan fingerprint density at radius 2 is 2.18 bits per heavy atom. The van der Waals surface area contributed by atoms with Gasteiger partial charge in [0.25, 0.3) is 0 Å². The van der Waals surface area contributed by atoms with Crippen LogP contribution in [0.4, 0.5) is 0 Å². The van der Waals surface area contributed by atoms with Crippen LogP contribution in [0.5, 0.6) is 0 Å². The molecule has 1 unspecified atom stereocenters. The number of unbranched alkanes of at least 4 members (excludes halogenated alkanes) is 1. The summed E-state index contributed by atoms with van der Waals surface area (Å²) in [6.07, 6.45) is 5.51. The van der Waals surface area contributed by atoms with Crippen molar-refractivity contribution < 1.29 is 14.7 Å². The van der Waals surface area contributed by atoms with Crippen molar-refractivity contribution in [3.05, 3.63) is 35.2 Å². The summed E-state index contributed by atoms with van der Waals surface area (Å²) in [6.45, 7) is 1.97. The van der Waals surface area contributed by atoms with Crippen molar-refractivity contribution in [2.45, 2.75) is 38.6 Å². The molecule has 2 N–H and O–H groups in total. The minimum atomic E-state index is -1.01. The quantitative estimate of drug-likeness (QED) is 0.819. The van der Waals surface area contributed by atoms with Crippen molar-refractivity contribution in [1.29, 1.82) is 0 Å². The average molecular weight is 324 g/mol. The molecule has 0 aromatic carbocycles. The van der Waals surface area contributed by atoms with Crippen LogP contribution in [0.3, 0.4) is 0 Å². The minimum Gasteiger partial charge on any atom is -0.480 e. The third-order valence-electron chi connectivity index (χ3n) is 3.29. The number of carboxylic acids is 1. The first-order valence-electron chi connectivity index (χ1n) is 7.15. The molecular weight excluding hydrogens is 306 g/mol. The molecule has 0 radical (unpaired) electrons. The van der Waals surface area contributed by atoms with Crippen molar-refractivity contribution in [3.8, 4) is 0 Å². The number of aromatic nitrogens is 2. The van der Waals surface area contributed by atoms with Gasteiger partial charge >= 0.3 is 5.97 Å². The van der Waals surface area contributed by atoms with Gasteiger partial charge in [0.05, 0.1) is 17.1 Å². The summed E-state index contributed by atoms with van der Waals surface area (Å²) < 4.78 is 1.73. The van der Waals surface area contributed by atoms with Gasteiger partial charge in [-0.05, 0) is 18.6 Å². The number of carbonyl (C=O) groups is 2. The lowest BCUT2D eigenvalue weighted by molar-refractivity contribution is -0.142. The van der Waals surface area contributed by atoms with Gasteiger partial charge < -0.3 is 14.8 Å². The van der Waals surface area contributed by atoms with Crippen LogP contribution in [0.15, 0.2) is 24.5 Å². The second kappa shape index (κ2) is 7.26. The first-order valence-corrected chi connectivity index (χ1v) is 7.52. The lowest BCUT2D eigenvalue weighted by atomic mass is 10.1. The van der Waals surface area contributed by atoms with Crippen LogP contribution >= 0.6 is 11.6 Å². The number of hydrogen-bond acceptors (Lipinski definition) is 3. The second-order valence-corrected chi connectivity index (χ2v) is 5.56. The van der Waals surface area contributed by atoms with Crippen molar-refractivity contribution >= 4 is 29.1 Å². The van der Waals surface area contributed by atoms with Crippen LogP contribution in [-0.4, -0.2) is 32.4 Å². The van der Waals surface area contributed by atoms with Crippen LogP contribution in [-0.2, 0) is 16.0 Å². The maximum Gasteiger partial charge on any atom is 0.326 e. The van der Waals surface area contributed by atoms with Crippen molar-refractivity contribution in [2.24, 2.45) is 0 Å². The van der Waals surface area contributed by atoms with E-state index in [1.165, 1.54) is 0 Å². The molecule has 0 aliphatic rings. The SMILES string of the molecule is CCCCC(NC(=O)Cc1cn2cc(Cl)ccc2n1)C(=O)O. The maximum absolute atomic E-state index is 12.0. The molecule has 0 aliphatic carbocycles. The number of rotatable bonds is 7. The highest BCUT2D eigenvalue weighted by Crippen LogP contribution is 2.12. The van der Waals surface area contributed by atoms with Gasteiger partial charge in [-0.2, -0.15) is 0 Å². The summed E-state index contributed by atoms with van der Waals surface area (Å²) in [5, 5.41) is 12.2. The highest BCUT2D eigenvalue weighted by Gasteiger charge is 2.19. The fraction of sp³-hybridized carbons (Fsp3) is 0.400. The molecule has 1 atom stereocenters. The number of imidazole rings is 1. The molecule has 0 spiro atoms. The molecule has 22 heavy (non-hydrogen) atoms. The van der Waals surface area contributed by atoms with Gasteiger partial charge in [0.15, 0.2) is 0 Å². The van der Waals surface area contributed by atoms with Crippen LogP contribution in [0.2, 0.25) is 5.02 Å². The lowest BCUT2D eigenvalue weighted by Crippen LogP contribution is -2.41. The molecule has 0 saturated carbocycles. The number of amides is 1. The Balaban J connectivity index is 2.01. The van der Waals surface area contributed by atoms with E-state index in [2.05, 4.69) is 10.3 Å². The molecule has 1 amide bonds. The zero-order valence-electron chi connectivity index (χ0n) is 12.3. The topological polar surface area (TPSA) is 83.7 Å². The van der Waals surface area contributed by atoms with E-state index in [0.717, 1.165) is 12.8 Å². The predicted molar refractivity (Wildman–Crippen MR) is 83.0 cm³/mol. The molecule has 118 valence electrons. The first-order chi connectivity index (χ1) is 10.5. The summed E-state index contributed by atoms with van der Waals surface area (Å²) in [7, 11) is 0. The standard InChI is InChI=1S/C15H18ClN3O3/c1-2-3-4-12(15(21)22)18-14(20)7-11-9-19-8-10(16)5-6-13(19)17-11/h5-6,8-9,12H,2-4,7H2,1H3,(H,18,20)(H,21,22). The van der Waals surface area contributed by atoms with Crippen molar-refractivity contribution in [3.63, 3.8) is 0 Å². The van der Waals surface area contributed by atoms with Gasteiger partial charge in [0.1, 0.15) is 11.7 Å². The third-order valence-corrected chi connectivity index (χ3v) is 3.51. The number of carboxylic acid groups (broad SMARTS) is 1. The Morgan fingerprint density at radius 1 is 1.41 bits per heavy atom. The smallest absolute Gasteiger partial charge is 0.326 e. The van der Waals surface area contributed by atoms with E-state index in [1.807, 2.05) is 6.92 Å². The molecule has 2 heterocycles. The number of nitrogens with one attached hydrogen (secondary N) is 1. The maximum atomic E-state index is 12.0. The monoisotopic (exact) mass is 323 g/mol. The van der Waals surface area contributed by atoms with E-state index in [4.69, 9.17) is 16.7 Å². The normalized spacial score (nSPS) is 12.3. The van der Waals surface area contributed by atoms with Crippen LogP contribution < -0.4 is 5.32 Å². The highest BCUT2D eigenvalue weighted by molar-refractivity contribution is 6.30. The molecule has 7 heteroatoms. The van der Waals surface area contributed by atoms with Crippen LogP contribution in [0.25, 0.3) is 5.65 Å². The molecular formula is C15H18ClN3O3. The molecule has 0 saturated heterocycles. The number of aliphatic carboxylic acids is 1. The molecule has 0 fully saturated rings. The number of halogens is 1. The average Bonchev–Trinajstić information content (AvgIpc) is 2.84. The van der Waals surface area contributed by atoms with E-state index in [0.29, 0.717) is 22.8 Å². The summed E-state index contributed by atoms with van der Waals surface area (Å²) in [6, 6.07) is 2.63. The molecule has 0 aliphatic heterocycles. The van der Waals surface area contributed by atoms with Gasteiger partial charge in [-0.1, -0.05) is 31.4 Å². The van der Waals surface area contributed by atoms with Gasteiger partial charge in [-0.15, -0.1) is 0 Å². The van der Waals surface area contributed by atoms with Crippen molar-refractivity contribution in [1.82, 2.24) is 14.7 Å². The molecule has 6 nitrogen and oxygen atoms in total. The molecule has 2 aromatic heterocycles. The summed E-state index contributed by atoms with van der Waals surface area (Å²) in [4.78, 5) is 27.4. The van der Waals surface area contributed by atoms with E-state index < -0.39 is 12.0 Å². The van der Waals surface area contributed by atoms with Crippen LogP contribution in [0.1, 0.15) is 31.9 Å². The Hall–Kier alpha value is -2.08. The number of nitrogens with zero attached hydrogens (tertiary/aromatic N) is 2. The molecule has 2 aromatic rings. The number of hydrogen-bond donors (Lipinski definition) is 2. The van der Waals surface area contributed by atoms with E-state index in [1.54, 1.807) is 28.9 Å². The Labute approximate surface area is 133 Å². The zero-order chi connectivity index (χ0) is 16.1. The van der Waals surface area contributed by atoms with E-state index >= 15 is 0 Å². The number of pyridine rings is 1. The minimum absolute atomic E-state index is 0.0369. The van der Waals surface area contributed by atoms with Gasteiger partial charge in [0, 0.05) is 12.4 Å². The summed E-state index contributed by atoms with van der Waals surface area (Å²) in [5.74, 6) is -1.36. The largest absolute Gasteiger partial charge is 0.480 e. The first kappa shape index (κ1) is 16.3. The van der Waals surface area contributed by atoms with E-state index in [9.17, 15) is 9.59 Å². The van der Waals surface area contributed by atoms with Gasteiger partial charge in [-0.3, -0.25) is 4.79 Å². The Kier molecular flexibility index (Phi) is 5.38.